The number of rotatable bonds is 10. The Morgan fingerprint density at radius 1 is 1.17 bits per heavy atom. The van der Waals surface area contributed by atoms with Crippen LogP contribution in [0, 0.1) is 0 Å². The van der Waals surface area contributed by atoms with Crippen LogP contribution in [0.15, 0.2) is 34.2 Å². The number of unbranched alkanes of at least 4 members (excludes halogenated alkanes) is 3. The fourth-order valence-corrected chi connectivity index (χ4v) is 4.98. The minimum absolute atomic E-state index is 0.0630. The van der Waals surface area contributed by atoms with Gasteiger partial charge in [-0.3, -0.25) is 14.5 Å². The van der Waals surface area contributed by atoms with Crippen molar-refractivity contribution < 1.29 is 13.2 Å². The summed E-state index contributed by atoms with van der Waals surface area (Å²) in [5, 5.41) is 12.4. The second-order valence-corrected chi connectivity index (χ2v) is 9.51. The Morgan fingerprint density at radius 3 is 2.83 bits per heavy atom. The third-order valence-electron chi connectivity index (χ3n) is 4.45. The smallest absolute Gasteiger partial charge is 0.263 e. The van der Waals surface area contributed by atoms with Gasteiger partial charge in [-0.05, 0) is 31.4 Å². The van der Waals surface area contributed by atoms with Gasteiger partial charge < -0.3 is 5.32 Å². The van der Waals surface area contributed by atoms with Crippen LogP contribution >= 0.6 is 11.3 Å². The molecular weight excluding hydrogens is 410 g/mol. The molecule has 8 nitrogen and oxygen atoms in total. The van der Waals surface area contributed by atoms with Crippen molar-refractivity contribution in [3.8, 4) is 0 Å². The number of fused-ring (bicyclic) bond motifs is 1. The largest absolute Gasteiger partial charge is 0.301 e. The molecule has 1 aliphatic heterocycles. The normalized spacial score (nSPS) is 15.8. The van der Waals surface area contributed by atoms with E-state index < -0.39 is 10.0 Å². The molecule has 0 unspecified atom stereocenters. The van der Waals surface area contributed by atoms with E-state index >= 15 is 0 Å². The lowest BCUT2D eigenvalue weighted by Gasteiger charge is -2.02. The lowest BCUT2D eigenvalue weighted by atomic mass is 10.2. The van der Waals surface area contributed by atoms with Crippen molar-refractivity contribution in [2.24, 2.45) is 4.99 Å². The summed E-state index contributed by atoms with van der Waals surface area (Å²) in [6, 6.07) is 6.81. The van der Waals surface area contributed by atoms with Crippen molar-refractivity contribution in [1.82, 2.24) is 14.9 Å². The number of sulfonamides is 1. The van der Waals surface area contributed by atoms with Gasteiger partial charge in [0.1, 0.15) is 10.8 Å². The first-order chi connectivity index (χ1) is 14.0. The van der Waals surface area contributed by atoms with Crippen molar-refractivity contribution in [3.05, 3.63) is 34.8 Å². The van der Waals surface area contributed by atoms with Gasteiger partial charge in [-0.2, -0.15) is 0 Å². The highest BCUT2D eigenvalue weighted by Gasteiger charge is 2.29. The molecule has 2 N–H and O–H groups in total. The Morgan fingerprint density at radius 2 is 2.00 bits per heavy atom. The molecule has 10 heteroatoms. The molecule has 3 rings (SSSR count). The minimum Gasteiger partial charge on any atom is -0.301 e. The predicted molar refractivity (Wildman–Crippen MR) is 114 cm³/mol. The molecule has 2 aromatic rings. The number of hydrogen-bond donors (Lipinski definition) is 2. The van der Waals surface area contributed by atoms with Crippen LogP contribution in [0.3, 0.4) is 0 Å². The van der Waals surface area contributed by atoms with Crippen molar-refractivity contribution >= 4 is 38.2 Å². The molecule has 0 saturated heterocycles. The summed E-state index contributed by atoms with van der Waals surface area (Å²) in [6.07, 6.45) is 5.83. The fourth-order valence-electron chi connectivity index (χ4n) is 2.93. The number of aryl methyl sites for hydroxylation is 1. The van der Waals surface area contributed by atoms with Crippen molar-refractivity contribution in [2.75, 3.05) is 11.9 Å². The van der Waals surface area contributed by atoms with Gasteiger partial charge in [0.25, 0.3) is 10.0 Å². The summed E-state index contributed by atoms with van der Waals surface area (Å²) in [6.45, 7) is 2.63. The zero-order valence-electron chi connectivity index (χ0n) is 16.3. The number of amides is 1. The van der Waals surface area contributed by atoms with Crippen LogP contribution in [-0.2, 0) is 21.2 Å². The molecule has 1 amide bonds. The predicted octanol–water partition coefficient (Wildman–Crippen LogP) is 3.12. The van der Waals surface area contributed by atoms with Gasteiger partial charge in [0, 0.05) is 24.9 Å². The molecule has 1 aliphatic rings. The first-order valence-corrected chi connectivity index (χ1v) is 12.1. The molecule has 0 aliphatic carbocycles. The average molecular weight is 436 g/mol. The number of aliphatic imine (C=N–C) groups is 1. The Hall–Kier alpha value is -2.33. The monoisotopic (exact) mass is 435 g/mol. The molecule has 29 heavy (non-hydrogen) atoms. The molecule has 0 radical (unpaired) electrons. The summed E-state index contributed by atoms with van der Waals surface area (Å²) >= 11 is 1.43. The molecule has 0 fully saturated rings. The third-order valence-corrected chi connectivity index (χ3v) is 6.75. The first kappa shape index (κ1) is 21.4. The number of amidine groups is 1. The summed E-state index contributed by atoms with van der Waals surface area (Å²) in [4.78, 5) is 16.7. The average Bonchev–Trinajstić information content (AvgIpc) is 3.25. The SMILES string of the molecule is CCCCc1nnc(NC(=O)CCCCCN=C2NS(=O)(=O)c3ccccc32)s1. The van der Waals surface area contributed by atoms with Crippen LogP contribution in [0.5, 0.6) is 0 Å². The lowest BCUT2D eigenvalue weighted by Crippen LogP contribution is -2.22. The number of carbonyl (C=O) groups excluding carboxylic acids is 1. The van der Waals surface area contributed by atoms with Gasteiger partial charge in [-0.25, -0.2) is 8.42 Å². The fraction of sp³-hybridized carbons (Fsp3) is 0.474. The molecule has 0 bridgehead atoms. The van der Waals surface area contributed by atoms with E-state index in [1.165, 1.54) is 11.3 Å². The van der Waals surface area contributed by atoms with E-state index in [1.54, 1.807) is 24.3 Å². The number of nitrogens with zero attached hydrogens (tertiary/aromatic N) is 3. The maximum Gasteiger partial charge on any atom is 0.263 e. The van der Waals surface area contributed by atoms with E-state index in [2.05, 4.69) is 32.2 Å². The van der Waals surface area contributed by atoms with Crippen molar-refractivity contribution in [1.29, 1.82) is 0 Å². The van der Waals surface area contributed by atoms with Crippen LogP contribution in [0.25, 0.3) is 0 Å². The van der Waals surface area contributed by atoms with Gasteiger partial charge in [0.15, 0.2) is 0 Å². The molecule has 1 aromatic carbocycles. The molecule has 156 valence electrons. The maximum atomic E-state index is 12.0. The Bertz CT molecular complexity index is 985. The number of carbonyl (C=O) groups is 1. The lowest BCUT2D eigenvalue weighted by molar-refractivity contribution is -0.116. The van der Waals surface area contributed by atoms with E-state index in [1.807, 2.05) is 0 Å². The molecule has 0 spiro atoms. The zero-order chi connectivity index (χ0) is 20.7. The Labute approximate surface area is 174 Å². The van der Waals surface area contributed by atoms with Crippen LogP contribution < -0.4 is 10.0 Å². The van der Waals surface area contributed by atoms with E-state index in [-0.39, 0.29) is 10.8 Å². The second-order valence-electron chi connectivity index (χ2n) is 6.80. The number of anilines is 1. The summed E-state index contributed by atoms with van der Waals surface area (Å²) in [5.41, 5.74) is 0.613. The quantitative estimate of drug-likeness (QED) is 0.557. The van der Waals surface area contributed by atoms with E-state index in [9.17, 15) is 13.2 Å². The Balaban J connectivity index is 1.37. The third kappa shape index (κ3) is 5.83. The van der Waals surface area contributed by atoms with E-state index in [4.69, 9.17) is 0 Å². The highest BCUT2D eigenvalue weighted by Crippen LogP contribution is 2.22. The maximum absolute atomic E-state index is 12.0. The summed E-state index contributed by atoms with van der Waals surface area (Å²) < 4.78 is 26.6. The topological polar surface area (TPSA) is 113 Å². The van der Waals surface area contributed by atoms with Crippen LogP contribution in [-0.4, -0.2) is 36.9 Å². The first-order valence-electron chi connectivity index (χ1n) is 9.78. The van der Waals surface area contributed by atoms with E-state index in [0.29, 0.717) is 29.5 Å². The van der Waals surface area contributed by atoms with Gasteiger partial charge in [0.2, 0.25) is 11.0 Å². The van der Waals surface area contributed by atoms with Gasteiger partial charge in [-0.1, -0.05) is 43.2 Å². The van der Waals surface area contributed by atoms with Gasteiger partial charge >= 0.3 is 0 Å². The van der Waals surface area contributed by atoms with E-state index in [0.717, 1.165) is 43.5 Å². The van der Waals surface area contributed by atoms with Crippen LogP contribution in [0.1, 0.15) is 56.0 Å². The highest BCUT2D eigenvalue weighted by molar-refractivity contribution is 7.90. The molecule has 0 saturated carbocycles. The highest BCUT2D eigenvalue weighted by atomic mass is 32.2. The molecule has 0 atom stereocenters. The number of aromatic nitrogens is 2. The summed E-state index contributed by atoms with van der Waals surface area (Å²) in [7, 11) is -3.49. The number of benzene rings is 1. The van der Waals surface area contributed by atoms with Crippen molar-refractivity contribution in [3.63, 3.8) is 0 Å². The zero-order valence-corrected chi connectivity index (χ0v) is 18.0. The molecular formula is C19H25N5O3S2. The minimum atomic E-state index is -3.49. The molecule has 1 aromatic heterocycles. The number of nitrogens with one attached hydrogen (secondary N) is 2. The van der Waals surface area contributed by atoms with Gasteiger partial charge in [-0.15, -0.1) is 10.2 Å². The molecule has 2 heterocycles. The van der Waals surface area contributed by atoms with Gasteiger partial charge in [0.05, 0.1) is 4.90 Å². The second kappa shape index (κ2) is 9.93. The Kier molecular flexibility index (Phi) is 7.32. The van der Waals surface area contributed by atoms with Crippen LogP contribution in [0.4, 0.5) is 5.13 Å². The van der Waals surface area contributed by atoms with Crippen LogP contribution in [0.2, 0.25) is 0 Å². The standard InChI is InChI=1S/C19H25N5O3S2/c1-2-3-12-17-22-23-19(28-17)21-16(25)11-5-4-8-13-20-18-14-9-6-7-10-15(14)29(26,27)24-18/h6-7,9-10H,2-5,8,11-13H2,1H3,(H,20,24)(H,21,23,25). The number of hydrogen-bond acceptors (Lipinski definition) is 7. The van der Waals surface area contributed by atoms with Crippen molar-refractivity contribution in [2.45, 2.75) is 56.8 Å². The summed E-state index contributed by atoms with van der Waals surface area (Å²) in [5.74, 6) is 0.334.